The Kier molecular flexibility index (Phi) is 2.81. The average molecular weight is 252 g/mol. The quantitative estimate of drug-likeness (QED) is 0.742. The molecule has 1 amide bonds. The van der Waals surface area contributed by atoms with E-state index in [0.29, 0.717) is 25.2 Å². The second-order valence-corrected chi connectivity index (χ2v) is 6.05. The van der Waals surface area contributed by atoms with Gasteiger partial charge in [-0.05, 0) is 25.2 Å². The van der Waals surface area contributed by atoms with Crippen molar-refractivity contribution in [3.05, 3.63) is 0 Å². The molecule has 3 aliphatic rings. The number of hydrogen-bond acceptors (Lipinski definition) is 3. The number of hydrogen-bond donors (Lipinski definition) is 2. The standard InChI is InChI=1S/C13H20N2O3/c1-7-5-15(6-10(7)13(17)18)12(16)9-4-8-2-3-11(9)14-8/h7-11,14H,2-6H2,1H3,(H,17,18). The second kappa shape index (κ2) is 4.23. The van der Waals surface area contributed by atoms with Crippen molar-refractivity contribution in [3.8, 4) is 0 Å². The van der Waals surface area contributed by atoms with E-state index < -0.39 is 5.97 Å². The molecule has 0 aliphatic carbocycles. The molecule has 2 N–H and O–H groups in total. The van der Waals surface area contributed by atoms with Crippen LogP contribution in [-0.4, -0.2) is 47.1 Å². The number of nitrogens with one attached hydrogen (secondary N) is 1. The fourth-order valence-electron chi connectivity index (χ4n) is 3.80. The molecule has 0 aromatic rings. The lowest BCUT2D eigenvalue weighted by molar-refractivity contribution is -0.142. The molecule has 3 rings (SSSR count). The molecule has 2 bridgehead atoms. The average Bonchev–Trinajstić information content (AvgIpc) is 3.01. The number of likely N-dealkylation sites (tertiary alicyclic amines) is 1. The van der Waals surface area contributed by atoms with Crippen molar-refractivity contribution in [3.63, 3.8) is 0 Å². The lowest BCUT2D eigenvalue weighted by Crippen LogP contribution is -2.40. The molecular formula is C13H20N2O3. The van der Waals surface area contributed by atoms with Crippen molar-refractivity contribution in [2.75, 3.05) is 13.1 Å². The zero-order valence-electron chi connectivity index (χ0n) is 10.6. The number of rotatable bonds is 2. The number of carboxylic acid groups (broad SMARTS) is 1. The summed E-state index contributed by atoms with van der Waals surface area (Å²) < 4.78 is 0. The van der Waals surface area contributed by atoms with Crippen LogP contribution >= 0.6 is 0 Å². The third kappa shape index (κ3) is 1.81. The molecule has 18 heavy (non-hydrogen) atoms. The van der Waals surface area contributed by atoms with Gasteiger partial charge >= 0.3 is 5.97 Å². The van der Waals surface area contributed by atoms with Crippen LogP contribution in [-0.2, 0) is 9.59 Å². The molecular weight excluding hydrogens is 232 g/mol. The molecule has 3 fully saturated rings. The highest BCUT2D eigenvalue weighted by molar-refractivity contribution is 5.82. The summed E-state index contributed by atoms with van der Waals surface area (Å²) in [5.74, 6) is -0.837. The normalized spacial score (nSPS) is 42.5. The summed E-state index contributed by atoms with van der Waals surface area (Å²) in [7, 11) is 0. The van der Waals surface area contributed by atoms with Crippen molar-refractivity contribution < 1.29 is 14.7 Å². The van der Waals surface area contributed by atoms with Crippen LogP contribution in [0.3, 0.4) is 0 Å². The largest absolute Gasteiger partial charge is 0.481 e. The Labute approximate surface area is 107 Å². The molecule has 0 aromatic carbocycles. The van der Waals surface area contributed by atoms with E-state index in [9.17, 15) is 9.59 Å². The molecule has 100 valence electrons. The Hall–Kier alpha value is -1.10. The molecule has 3 saturated heterocycles. The number of nitrogens with zero attached hydrogens (tertiary/aromatic N) is 1. The first kappa shape index (κ1) is 12.0. The highest BCUT2D eigenvalue weighted by Crippen LogP contribution is 2.36. The fourth-order valence-corrected chi connectivity index (χ4v) is 3.80. The maximum absolute atomic E-state index is 12.4. The Morgan fingerprint density at radius 3 is 2.50 bits per heavy atom. The number of carbonyl (C=O) groups is 2. The van der Waals surface area contributed by atoms with Gasteiger partial charge in [-0.2, -0.15) is 0 Å². The summed E-state index contributed by atoms with van der Waals surface area (Å²) in [4.78, 5) is 25.3. The fraction of sp³-hybridized carbons (Fsp3) is 0.846. The first-order valence-corrected chi connectivity index (χ1v) is 6.84. The van der Waals surface area contributed by atoms with Crippen LogP contribution in [0, 0.1) is 17.8 Å². The minimum atomic E-state index is -0.774. The van der Waals surface area contributed by atoms with E-state index in [4.69, 9.17) is 5.11 Å². The van der Waals surface area contributed by atoms with Crippen LogP contribution in [0.5, 0.6) is 0 Å². The maximum atomic E-state index is 12.4. The SMILES string of the molecule is CC1CN(C(=O)C2CC3CCC2N3)CC1C(=O)O. The maximum Gasteiger partial charge on any atom is 0.308 e. The van der Waals surface area contributed by atoms with Crippen LogP contribution in [0.15, 0.2) is 0 Å². The summed E-state index contributed by atoms with van der Waals surface area (Å²) in [6.07, 6.45) is 3.21. The molecule has 5 heteroatoms. The Balaban J connectivity index is 1.66. The molecule has 3 heterocycles. The van der Waals surface area contributed by atoms with E-state index in [2.05, 4.69) is 5.32 Å². The Morgan fingerprint density at radius 2 is 2.00 bits per heavy atom. The third-order valence-corrected chi connectivity index (χ3v) is 4.86. The minimum absolute atomic E-state index is 0.0676. The predicted molar refractivity (Wildman–Crippen MR) is 64.9 cm³/mol. The molecule has 0 aromatic heterocycles. The van der Waals surface area contributed by atoms with Crippen LogP contribution in [0.2, 0.25) is 0 Å². The first-order chi connectivity index (χ1) is 8.56. The Bertz CT molecular complexity index is 384. The summed E-state index contributed by atoms with van der Waals surface area (Å²) in [5.41, 5.74) is 0. The van der Waals surface area contributed by atoms with Crippen molar-refractivity contribution in [1.82, 2.24) is 10.2 Å². The van der Waals surface area contributed by atoms with Gasteiger partial charge in [0.25, 0.3) is 0 Å². The second-order valence-electron chi connectivity index (χ2n) is 6.05. The smallest absolute Gasteiger partial charge is 0.308 e. The van der Waals surface area contributed by atoms with E-state index in [0.717, 1.165) is 12.8 Å². The van der Waals surface area contributed by atoms with Gasteiger partial charge in [-0.3, -0.25) is 9.59 Å². The summed E-state index contributed by atoms with van der Waals surface area (Å²) >= 11 is 0. The van der Waals surface area contributed by atoms with Crippen LogP contribution < -0.4 is 5.32 Å². The van der Waals surface area contributed by atoms with Gasteiger partial charge in [0, 0.05) is 25.2 Å². The highest BCUT2D eigenvalue weighted by atomic mass is 16.4. The summed E-state index contributed by atoms with van der Waals surface area (Å²) in [5, 5.41) is 12.6. The van der Waals surface area contributed by atoms with Crippen molar-refractivity contribution in [1.29, 1.82) is 0 Å². The first-order valence-electron chi connectivity index (χ1n) is 6.84. The van der Waals surface area contributed by atoms with Gasteiger partial charge in [0.2, 0.25) is 5.91 Å². The van der Waals surface area contributed by atoms with Gasteiger partial charge in [-0.25, -0.2) is 0 Å². The van der Waals surface area contributed by atoms with E-state index in [1.54, 1.807) is 4.90 Å². The molecule has 3 aliphatic heterocycles. The van der Waals surface area contributed by atoms with Gasteiger partial charge in [-0.1, -0.05) is 6.92 Å². The molecule has 5 nitrogen and oxygen atoms in total. The number of amides is 1. The predicted octanol–water partition coefficient (Wildman–Crippen LogP) is 0.306. The van der Waals surface area contributed by atoms with Gasteiger partial charge in [0.15, 0.2) is 0 Å². The van der Waals surface area contributed by atoms with Crippen LogP contribution in [0.1, 0.15) is 26.2 Å². The summed E-state index contributed by atoms with van der Waals surface area (Å²) in [6.45, 7) is 2.91. The number of fused-ring (bicyclic) bond motifs is 2. The topological polar surface area (TPSA) is 69.6 Å². The lowest BCUT2D eigenvalue weighted by atomic mass is 9.88. The molecule has 0 radical (unpaired) electrons. The molecule has 5 atom stereocenters. The molecule has 0 saturated carbocycles. The van der Waals surface area contributed by atoms with E-state index in [1.165, 1.54) is 6.42 Å². The third-order valence-electron chi connectivity index (χ3n) is 4.86. The van der Waals surface area contributed by atoms with E-state index >= 15 is 0 Å². The van der Waals surface area contributed by atoms with Gasteiger partial charge in [0.1, 0.15) is 0 Å². The highest BCUT2D eigenvalue weighted by Gasteiger charge is 2.46. The molecule has 0 spiro atoms. The minimum Gasteiger partial charge on any atom is -0.481 e. The van der Waals surface area contributed by atoms with Crippen molar-refractivity contribution in [2.24, 2.45) is 17.8 Å². The van der Waals surface area contributed by atoms with Crippen molar-refractivity contribution >= 4 is 11.9 Å². The van der Waals surface area contributed by atoms with E-state index in [1.807, 2.05) is 6.92 Å². The molecule has 5 unspecified atom stereocenters. The lowest BCUT2D eigenvalue weighted by Gasteiger charge is -2.25. The zero-order valence-corrected chi connectivity index (χ0v) is 10.6. The van der Waals surface area contributed by atoms with Gasteiger partial charge < -0.3 is 15.3 Å². The monoisotopic (exact) mass is 252 g/mol. The summed E-state index contributed by atoms with van der Waals surface area (Å²) in [6, 6.07) is 0.848. The number of carboxylic acids is 1. The number of aliphatic carboxylic acids is 1. The van der Waals surface area contributed by atoms with E-state index in [-0.39, 0.29) is 23.7 Å². The van der Waals surface area contributed by atoms with Crippen LogP contribution in [0.4, 0.5) is 0 Å². The number of carbonyl (C=O) groups excluding carboxylic acids is 1. The van der Waals surface area contributed by atoms with Gasteiger partial charge in [0.05, 0.1) is 11.8 Å². The zero-order chi connectivity index (χ0) is 12.9. The van der Waals surface area contributed by atoms with Crippen molar-refractivity contribution in [2.45, 2.75) is 38.3 Å². The van der Waals surface area contributed by atoms with Gasteiger partial charge in [-0.15, -0.1) is 0 Å². The van der Waals surface area contributed by atoms with Crippen LogP contribution in [0.25, 0.3) is 0 Å². The Morgan fingerprint density at radius 1 is 1.22 bits per heavy atom.